The number of rotatable bonds is 7. The van der Waals surface area contributed by atoms with Gasteiger partial charge >= 0.3 is 0 Å². The molecule has 0 bridgehead atoms. The Morgan fingerprint density at radius 3 is 3.10 bits per heavy atom. The number of halogens is 1. The second-order valence-corrected chi connectivity index (χ2v) is 7.42. The summed E-state index contributed by atoms with van der Waals surface area (Å²) in [7, 11) is 0. The van der Waals surface area contributed by atoms with Gasteiger partial charge in [-0.2, -0.15) is 0 Å². The summed E-state index contributed by atoms with van der Waals surface area (Å²) < 4.78 is 16.5. The van der Waals surface area contributed by atoms with Crippen molar-refractivity contribution in [3.8, 4) is 17.2 Å². The van der Waals surface area contributed by atoms with Gasteiger partial charge in [-0.25, -0.2) is 9.98 Å². The van der Waals surface area contributed by atoms with E-state index in [1.54, 1.807) is 6.20 Å². The fraction of sp³-hybridized carbons (Fsp3) is 0.429. The van der Waals surface area contributed by atoms with E-state index < -0.39 is 0 Å². The van der Waals surface area contributed by atoms with E-state index in [0.29, 0.717) is 23.9 Å². The highest BCUT2D eigenvalue weighted by molar-refractivity contribution is 6.32. The number of benzene rings is 1. The summed E-state index contributed by atoms with van der Waals surface area (Å²) in [5.74, 6) is 3.82. The van der Waals surface area contributed by atoms with Gasteiger partial charge in [-0.1, -0.05) is 11.6 Å². The Labute approximate surface area is 181 Å². The van der Waals surface area contributed by atoms with Crippen molar-refractivity contribution in [2.75, 3.05) is 44.5 Å². The molecule has 8 nitrogen and oxygen atoms in total. The minimum absolute atomic E-state index is 0.256. The van der Waals surface area contributed by atoms with E-state index in [2.05, 4.69) is 32.4 Å². The maximum absolute atomic E-state index is 6.28. The Bertz CT molecular complexity index is 895. The normalized spacial score (nSPS) is 17.9. The first kappa shape index (κ1) is 20.4. The number of anilines is 1. The van der Waals surface area contributed by atoms with E-state index in [0.717, 1.165) is 49.3 Å². The molecule has 0 radical (unpaired) electrons. The summed E-state index contributed by atoms with van der Waals surface area (Å²) >= 11 is 6.28. The lowest BCUT2D eigenvalue weighted by molar-refractivity contribution is 0.173. The van der Waals surface area contributed by atoms with Crippen LogP contribution < -0.4 is 29.7 Å². The van der Waals surface area contributed by atoms with Crippen LogP contribution in [0.1, 0.15) is 13.3 Å². The fourth-order valence-electron chi connectivity index (χ4n) is 3.48. The van der Waals surface area contributed by atoms with Gasteiger partial charge in [-0.3, -0.25) is 0 Å². The largest absolute Gasteiger partial charge is 0.492 e. The van der Waals surface area contributed by atoms with E-state index in [9.17, 15) is 0 Å². The lowest BCUT2D eigenvalue weighted by atomic mass is 10.3. The number of fused-ring (bicyclic) bond motifs is 1. The predicted molar refractivity (Wildman–Crippen MR) is 117 cm³/mol. The molecule has 2 aliphatic heterocycles. The molecule has 1 aromatic heterocycles. The first-order chi connectivity index (χ1) is 14.7. The number of nitrogens with zero attached hydrogens (tertiary/aromatic N) is 3. The molecule has 0 amide bonds. The molecule has 0 spiro atoms. The summed E-state index contributed by atoms with van der Waals surface area (Å²) in [4.78, 5) is 11.2. The van der Waals surface area contributed by atoms with E-state index in [-0.39, 0.29) is 12.8 Å². The number of nitrogens with one attached hydrogen (secondary N) is 2. The first-order valence-electron chi connectivity index (χ1n) is 10.2. The Balaban J connectivity index is 1.27. The van der Waals surface area contributed by atoms with Gasteiger partial charge < -0.3 is 29.7 Å². The maximum Gasteiger partial charge on any atom is 0.231 e. The van der Waals surface area contributed by atoms with Crippen molar-refractivity contribution in [3.05, 3.63) is 41.6 Å². The van der Waals surface area contributed by atoms with Crippen molar-refractivity contribution in [2.24, 2.45) is 4.99 Å². The van der Waals surface area contributed by atoms with Crippen LogP contribution in [0.15, 0.2) is 41.5 Å². The van der Waals surface area contributed by atoms with Crippen LogP contribution in [0.3, 0.4) is 0 Å². The summed E-state index contributed by atoms with van der Waals surface area (Å²) in [5.41, 5.74) is 0. The van der Waals surface area contributed by atoms with Gasteiger partial charge in [0.25, 0.3) is 0 Å². The first-order valence-corrected chi connectivity index (χ1v) is 10.5. The SMILES string of the molecule is CCNC(=NCCOc1ccc2c(c1)OCO2)NC1CCN(c2ncccc2Cl)C1. The highest BCUT2D eigenvalue weighted by Gasteiger charge is 2.25. The molecule has 2 aromatic rings. The number of aliphatic imine (C=N–C) groups is 1. The van der Waals surface area contributed by atoms with Crippen LogP contribution in [-0.4, -0.2) is 56.6 Å². The Kier molecular flexibility index (Phi) is 6.63. The van der Waals surface area contributed by atoms with E-state index in [1.165, 1.54) is 0 Å². The molecule has 1 atom stereocenters. The molecule has 30 heavy (non-hydrogen) atoms. The molecule has 2 aliphatic rings. The molecule has 4 rings (SSSR count). The summed E-state index contributed by atoms with van der Waals surface area (Å²) in [6.07, 6.45) is 2.76. The maximum atomic E-state index is 6.28. The minimum atomic E-state index is 0.256. The minimum Gasteiger partial charge on any atom is -0.492 e. The fourth-order valence-corrected chi connectivity index (χ4v) is 3.72. The number of ether oxygens (including phenoxy) is 3. The van der Waals surface area contributed by atoms with Crippen molar-refractivity contribution < 1.29 is 14.2 Å². The molecule has 9 heteroatoms. The summed E-state index contributed by atoms with van der Waals surface area (Å²) in [5, 5.41) is 7.48. The lowest BCUT2D eigenvalue weighted by Gasteiger charge is -2.20. The molecule has 0 saturated carbocycles. The topological polar surface area (TPSA) is 80.2 Å². The van der Waals surface area contributed by atoms with Crippen molar-refractivity contribution in [1.82, 2.24) is 15.6 Å². The third-order valence-electron chi connectivity index (χ3n) is 4.89. The second kappa shape index (κ2) is 9.75. The molecule has 3 heterocycles. The van der Waals surface area contributed by atoms with E-state index in [1.807, 2.05) is 30.3 Å². The smallest absolute Gasteiger partial charge is 0.231 e. The molecule has 160 valence electrons. The summed E-state index contributed by atoms with van der Waals surface area (Å²) in [6, 6.07) is 9.56. The highest BCUT2D eigenvalue weighted by Crippen LogP contribution is 2.35. The summed E-state index contributed by atoms with van der Waals surface area (Å²) in [6.45, 7) is 5.83. The Morgan fingerprint density at radius 2 is 2.23 bits per heavy atom. The van der Waals surface area contributed by atoms with Gasteiger partial charge in [-0.15, -0.1) is 0 Å². The van der Waals surface area contributed by atoms with Gasteiger partial charge in [0.15, 0.2) is 17.5 Å². The number of aromatic nitrogens is 1. The third kappa shape index (κ3) is 4.99. The molecule has 1 fully saturated rings. The molecule has 1 aromatic carbocycles. The number of guanidine groups is 1. The number of hydrogen-bond acceptors (Lipinski definition) is 6. The monoisotopic (exact) mass is 431 g/mol. The van der Waals surface area contributed by atoms with Crippen LogP contribution in [0.5, 0.6) is 17.2 Å². The molecule has 0 aliphatic carbocycles. The van der Waals surface area contributed by atoms with Crippen molar-refractivity contribution >= 4 is 23.4 Å². The van der Waals surface area contributed by atoms with Gasteiger partial charge in [0, 0.05) is 37.9 Å². The van der Waals surface area contributed by atoms with Gasteiger partial charge in [-0.05, 0) is 37.6 Å². The van der Waals surface area contributed by atoms with E-state index in [4.69, 9.17) is 25.8 Å². The average Bonchev–Trinajstić information content (AvgIpc) is 3.40. The second-order valence-electron chi connectivity index (χ2n) is 7.01. The van der Waals surface area contributed by atoms with Crippen LogP contribution in [0.4, 0.5) is 5.82 Å². The van der Waals surface area contributed by atoms with Gasteiger partial charge in [0.2, 0.25) is 6.79 Å². The Hall–Kier alpha value is -2.87. The Morgan fingerprint density at radius 1 is 1.33 bits per heavy atom. The molecule has 1 unspecified atom stereocenters. The van der Waals surface area contributed by atoms with Crippen LogP contribution in [0.25, 0.3) is 0 Å². The zero-order chi connectivity index (χ0) is 20.8. The number of hydrogen-bond donors (Lipinski definition) is 2. The van der Waals surface area contributed by atoms with E-state index >= 15 is 0 Å². The van der Waals surface area contributed by atoms with Gasteiger partial charge in [0.1, 0.15) is 18.2 Å². The standard InChI is InChI=1S/C21H26ClN5O3/c1-2-23-21(25-9-11-28-16-5-6-18-19(12-16)30-14-29-18)26-15-7-10-27(13-15)20-17(22)4-3-8-24-20/h3-6,8,12,15H,2,7,9-11,13-14H2,1H3,(H2,23,25,26). The molecule has 2 N–H and O–H groups in total. The van der Waals surface area contributed by atoms with Crippen molar-refractivity contribution in [2.45, 2.75) is 19.4 Å². The molecule has 1 saturated heterocycles. The van der Waals surface area contributed by atoms with Crippen LogP contribution in [-0.2, 0) is 0 Å². The number of pyridine rings is 1. The van der Waals surface area contributed by atoms with Crippen LogP contribution in [0, 0.1) is 0 Å². The average molecular weight is 432 g/mol. The quantitative estimate of drug-likeness (QED) is 0.396. The van der Waals surface area contributed by atoms with Crippen LogP contribution in [0.2, 0.25) is 5.02 Å². The molecular weight excluding hydrogens is 406 g/mol. The zero-order valence-corrected chi connectivity index (χ0v) is 17.7. The van der Waals surface area contributed by atoms with Gasteiger partial charge in [0.05, 0.1) is 11.6 Å². The zero-order valence-electron chi connectivity index (χ0n) is 16.9. The lowest BCUT2D eigenvalue weighted by Crippen LogP contribution is -2.44. The van der Waals surface area contributed by atoms with Crippen LogP contribution >= 0.6 is 11.6 Å². The third-order valence-corrected chi connectivity index (χ3v) is 5.18. The van der Waals surface area contributed by atoms with Crippen molar-refractivity contribution in [3.63, 3.8) is 0 Å². The van der Waals surface area contributed by atoms with Crippen molar-refractivity contribution in [1.29, 1.82) is 0 Å². The molecular formula is C21H26ClN5O3. The predicted octanol–water partition coefficient (Wildman–Crippen LogP) is 2.68. The highest BCUT2D eigenvalue weighted by atomic mass is 35.5.